The number of thioether (sulfide) groups is 1. The first-order valence-corrected chi connectivity index (χ1v) is 15.1. The number of methoxy groups -OCH3 is 1. The second kappa shape index (κ2) is 11.5. The van der Waals surface area contributed by atoms with Crippen molar-refractivity contribution in [3.05, 3.63) is 62.2 Å². The van der Waals surface area contributed by atoms with Gasteiger partial charge in [0.25, 0.3) is 0 Å². The summed E-state index contributed by atoms with van der Waals surface area (Å²) in [5.41, 5.74) is -2.18. The van der Waals surface area contributed by atoms with Gasteiger partial charge in [-0.25, -0.2) is 9.18 Å². The molecule has 0 bridgehead atoms. The van der Waals surface area contributed by atoms with Gasteiger partial charge in [0, 0.05) is 63.9 Å². The van der Waals surface area contributed by atoms with Gasteiger partial charge in [-0.15, -0.1) is 11.8 Å². The van der Waals surface area contributed by atoms with Crippen LogP contribution in [0.4, 0.5) is 23.4 Å². The van der Waals surface area contributed by atoms with Crippen LogP contribution in [0.15, 0.2) is 45.0 Å². The van der Waals surface area contributed by atoms with Crippen molar-refractivity contribution < 1.29 is 27.1 Å². The van der Waals surface area contributed by atoms with Gasteiger partial charge in [0.2, 0.25) is 5.91 Å². The second-order valence-electron chi connectivity index (χ2n) is 10.3. The highest BCUT2D eigenvalue weighted by Crippen LogP contribution is 2.51. The molecule has 3 atom stereocenters. The Morgan fingerprint density at radius 3 is 2.52 bits per heavy atom. The van der Waals surface area contributed by atoms with E-state index in [4.69, 9.17) is 16.3 Å². The number of hydrogen-bond acceptors (Lipinski definition) is 6. The van der Waals surface area contributed by atoms with E-state index >= 15 is 4.39 Å². The summed E-state index contributed by atoms with van der Waals surface area (Å²) in [6, 6.07) is 1.91. The van der Waals surface area contributed by atoms with Gasteiger partial charge < -0.3 is 14.5 Å². The van der Waals surface area contributed by atoms with E-state index in [-0.39, 0.29) is 85.7 Å². The smallest absolute Gasteiger partial charge is 0.383 e. The summed E-state index contributed by atoms with van der Waals surface area (Å²) in [7, 11) is 1.47. The van der Waals surface area contributed by atoms with Gasteiger partial charge in [-0.05, 0) is 54.1 Å². The first kappa shape index (κ1) is 30.8. The number of ether oxygens (including phenoxy) is 1. The number of anilines is 1. The molecule has 1 saturated heterocycles. The number of nitrogens with zero attached hydrogens (tertiary/aromatic N) is 4. The maximum Gasteiger partial charge on any atom is 0.417 e. The minimum Gasteiger partial charge on any atom is -0.383 e. The maximum atomic E-state index is 15.4. The summed E-state index contributed by atoms with van der Waals surface area (Å²) < 4.78 is 66.7. The molecule has 0 saturated carbocycles. The zero-order valence-electron chi connectivity index (χ0n) is 22.8. The summed E-state index contributed by atoms with van der Waals surface area (Å²) >= 11 is 10.3. The fraction of sp³-hybridized carbons (Fsp3) is 0.393. The van der Waals surface area contributed by atoms with Gasteiger partial charge in [-0.1, -0.05) is 18.2 Å². The van der Waals surface area contributed by atoms with E-state index in [1.807, 2.05) is 13.8 Å². The van der Waals surface area contributed by atoms with Crippen molar-refractivity contribution in [1.29, 1.82) is 0 Å². The molecule has 2 aromatic carbocycles. The summed E-state index contributed by atoms with van der Waals surface area (Å²) in [6.07, 6.45) is -3.66. The van der Waals surface area contributed by atoms with Crippen LogP contribution in [0, 0.1) is 5.82 Å². The molecular formula is C28H26BrClF4N4O3S. The van der Waals surface area contributed by atoms with Gasteiger partial charge in [0.1, 0.15) is 11.6 Å². The molecule has 0 N–H and O–H groups in total. The molecule has 2 aliphatic heterocycles. The van der Waals surface area contributed by atoms with Gasteiger partial charge in [0.15, 0.2) is 0 Å². The van der Waals surface area contributed by atoms with Crippen LogP contribution in [-0.2, 0) is 15.7 Å². The van der Waals surface area contributed by atoms with Crippen molar-refractivity contribution in [2.24, 2.45) is 0 Å². The van der Waals surface area contributed by atoms with E-state index in [2.05, 4.69) is 27.5 Å². The Kier molecular flexibility index (Phi) is 8.42. The number of halogens is 6. The van der Waals surface area contributed by atoms with Gasteiger partial charge in [0.05, 0.1) is 28.8 Å². The molecule has 1 amide bonds. The summed E-state index contributed by atoms with van der Waals surface area (Å²) in [6.45, 7) is 7.75. The molecule has 0 aliphatic carbocycles. The number of benzene rings is 2. The van der Waals surface area contributed by atoms with Gasteiger partial charge in [-0.2, -0.15) is 18.2 Å². The largest absolute Gasteiger partial charge is 0.417 e. The van der Waals surface area contributed by atoms with Crippen LogP contribution in [0.1, 0.15) is 25.5 Å². The molecule has 1 aromatic heterocycles. The number of hydrogen-bond donors (Lipinski definition) is 0. The van der Waals surface area contributed by atoms with Crippen LogP contribution in [0.3, 0.4) is 0 Å². The van der Waals surface area contributed by atoms with Crippen molar-refractivity contribution in [3.63, 3.8) is 0 Å². The van der Waals surface area contributed by atoms with Crippen molar-refractivity contribution in [2.45, 2.75) is 43.0 Å². The Bertz CT molecular complexity index is 1660. The average molecular weight is 690 g/mol. The molecule has 5 rings (SSSR count). The van der Waals surface area contributed by atoms with Crippen molar-refractivity contribution >= 4 is 61.9 Å². The Labute approximate surface area is 256 Å². The number of piperazine rings is 1. The second-order valence-corrected chi connectivity index (χ2v) is 12.6. The zero-order chi connectivity index (χ0) is 30.7. The first-order valence-electron chi connectivity index (χ1n) is 12.9. The average Bonchev–Trinajstić information content (AvgIpc) is 2.91. The Morgan fingerprint density at radius 1 is 1.26 bits per heavy atom. The van der Waals surface area contributed by atoms with E-state index in [0.29, 0.717) is 0 Å². The van der Waals surface area contributed by atoms with Crippen molar-refractivity contribution in [3.8, 4) is 11.1 Å². The maximum absolute atomic E-state index is 15.4. The minimum atomic E-state index is -4.88. The highest BCUT2D eigenvalue weighted by molar-refractivity contribution is 9.10. The summed E-state index contributed by atoms with van der Waals surface area (Å²) in [4.78, 5) is 33.9. The van der Waals surface area contributed by atoms with E-state index in [1.54, 1.807) is 9.80 Å². The fourth-order valence-corrected chi connectivity index (χ4v) is 7.70. The van der Waals surface area contributed by atoms with Crippen LogP contribution in [0.2, 0.25) is 5.02 Å². The molecule has 3 aromatic rings. The standard InChI is InChI=1S/C28H26BrClF4N4O3S/c1-5-22(39)37-13(2)9-36(10-14(37)3)26-17-6-18(28(32,33)34)23(16-7-19(29)20(30)8-21(16)31)25-24(17)38(27(40)35-26)15(11-41-4)12-42-25/h5-8,13-15H,1,9-12H2,2-4H3/t13-,14+,15-/m0/s1. The number of amides is 1. The minimum absolute atomic E-state index is 0.00719. The Morgan fingerprint density at radius 2 is 1.93 bits per heavy atom. The molecule has 2 aliphatic rings. The van der Waals surface area contributed by atoms with Crippen LogP contribution < -0.4 is 10.6 Å². The molecule has 14 heteroatoms. The lowest BCUT2D eigenvalue weighted by molar-refractivity contribution is -0.137. The number of rotatable bonds is 5. The monoisotopic (exact) mass is 688 g/mol. The van der Waals surface area contributed by atoms with E-state index in [0.717, 1.165) is 23.9 Å². The van der Waals surface area contributed by atoms with E-state index < -0.39 is 29.3 Å². The lowest BCUT2D eigenvalue weighted by Gasteiger charge is -2.45. The Hall–Kier alpha value is -2.61. The quantitative estimate of drug-likeness (QED) is 0.172. The molecule has 0 spiro atoms. The number of carbonyl (C=O) groups is 1. The molecule has 0 radical (unpaired) electrons. The highest BCUT2D eigenvalue weighted by Gasteiger charge is 2.41. The van der Waals surface area contributed by atoms with Crippen LogP contribution >= 0.6 is 39.3 Å². The van der Waals surface area contributed by atoms with E-state index in [1.165, 1.54) is 23.8 Å². The SMILES string of the molecule is C=CC(=O)N1[C@H](C)CN(c2nc(=O)n3c4c(c(-c5cc(Br)c(Cl)cc5F)c(C(F)(F)F)cc24)SC[C@@H]3COC)C[C@@H]1C. The first-order chi connectivity index (χ1) is 19.8. The zero-order valence-corrected chi connectivity index (χ0v) is 25.9. The lowest BCUT2D eigenvalue weighted by atomic mass is 9.95. The third kappa shape index (κ3) is 5.22. The normalized spacial score (nSPS) is 20.7. The van der Waals surface area contributed by atoms with Crippen molar-refractivity contribution in [1.82, 2.24) is 14.5 Å². The van der Waals surface area contributed by atoms with Gasteiger partial charge >= 0.3 is 11.9 Å². The molecule has 224 valence electrons. The van der Waals surface area contributed by atoms with Gasteiger partial charge in [-0.3, -0.25) is 9.36 Å². The predicted octanol–water partition coefficient (Wildman–Crippen LogP) is 6.54. The molecule has 42 heavy (non-hydrogen) atoms. The number of alkyl halides is 3. The Balaban J connectivity index is 1.85. The highest BCUT2D eigenvalue weighted by atomic mass is 79.9. The third-order valence-corrected chi connectivity index (χ3v) is 9.96. The molecular weight excluding hydrogens is 664 g/mol. The van der Waals surface area contributed by atoms with Crippen molar-refractivity contribution in [2.75, 3.05) is 37.5 Å². The van der Waals surface area contributed by atoms with Crippen LogP contribution in [0.5, 0.6) is 0 Å². The number of aromatic nitrogens is 2. The fourth-order valence-electron chi connectivity index (χ4n) is 5.89. The molecule has 3 heterocycles. The lowest BCUT2D eigenvalue weighted by Crippen LogP contribution is -2.58. The third-order valence-electron chi connectivity index (χ3n) is 7.52. The van der Waals surface area contributed by atoms with Crippen LogP contribution in [0.25, 0.3) is 22.0 Å². The summed E-state index contributed by atoms with van der Waals surface area (Å²) in [5, 5.41) is 0.109. The summed E-state index contributed by atoms with van der Waals surface area (Å²) in [5.74, 6) is -0.917. The molecule has 0 unspecified atom stereocenters. The predicted molar refractivity (Wildman–Crippen MR) is 159 cm³/mol. The van der Waals surface area contributed by atoms with E-state index in [9.17, 15) is 22.8 Å². The molecule has 1 fully saturated rings. The number of carbonyl (C=O) groups excluding carboxylic acids is 1. The topological polar surface area (TPSA) is 67.7 Å². The van der Waals surface area contributed by atoms with Crippen LogP contribution in [-0.4, -0.2) is 65.0 Å². The molecule has 7 nitrogen and oxygen atoms in total.